The highest BCUT2D eigenvalue weighted by Gasteiger charge is 2.26. The van der Waals surface area contributed by atoms with Gasteiger partial charge in [-0.1, -0.05) is 12.1 Å². The number of hydrogen-bond donors (Lipinski definition) is 1. The van der Waals surface area contributed by atoms with E-state index in [0.717, 1.165) is 45.6 Å². The Morgan fingerprint density at radius 1 is 0.848 bits per heavy atom. The second kappa shape index (κ2) is 14.2. The van der Waals surface area contributed by atoms with Crippen molar-refractivity contribution in [3.05, 3.63) is 83.7 Å². The van der Waals surface area contributed by atoms with E-state index in [1.54, 1.807) is 41.3 Å². The van der Waals surface area contributed by atoms with Gasteiger partial charge in [0.1, 0.15) is 17.5 Å². The van der Waals surface area contributed by atoms with Gasteiger partial charge in [-0.15, -0.1) is 0 Å². The van der Waals surface area contributed by atoms with Crippen molar-refractivity contribution in [2.45, 2.75) is 62.1 Å². The van der Waals surface area contributed by atoms with Crippen LogP contribution in [0.4, 0.5) is 5.69 Å². The number of carbonyl (C=O) groups is 2. The normalized spacial score (nSPS) is 18.5. The highest BCUT2D eigenvalue weighted by Crippen LogP contribution is 2.23. The van der Waals surface area contributed by atoms with E-state index in [-0.39, 0.29) is 28.9 Å². The number of likely N-dealkylation sites (tertiary alicyclic amines) is 2. The Morgan fingerprint density at radius 2 is 1.52 bits per heavy atom. The maximum atomic E-state index is 13.1. The Labute approximate surface area is 271 Å². The van der Waals surface area contributed by atoms with Crippen LogP contribution in [0.3, 0.4) is 0 Å². The number of aromatic nitrogens is 1. The van der Waals surface area contributed by atoms with Gasteiger partial charge in [0.05, 0.1) is 10.5 Å². The molecule has 11 heteroatoms. The van der Waals surface area contributed by atoms with Crippen LogP contribution in [0.25, 0.3) is 0 Å². The Kier molecular flexibility index (Phi) is 9.89. The van der Waals surface area contributed by atoms with Crippen LogP contribution in [0.2, 0.25) is 0 Å². The van der Waals surface area contributed by atoms with Gasteiger partial charge >= 0.3 is 0 Å². The molecule has 46 heavy (non-hydrogen) atoms. The lowest BCUT2D eigenvalue weighted by Crippen LogP contribution is -2.44. The Morgan fingerprint density at radius 3 is 2.13 bits per heavy atom. The molecule has 0 radical (unpaired) electrons. The van der Waals surface area contributed by atoms with Crippen molar-refractivity contribution in [3.63, 3.8) is 0 Å². The molecule has 3 aliphatic rings. The van der Waals surface area contributed by atoms with Crippen LogP contribution in [0.15, 0.2) is 71.8 Å². The zero-order chi connectivity index (χ0) is 32.1. The first-order chi connectivity index (χ1) is 22.2. The fourth-order valence-corrected chi connectivity index (χ4v) is 7.14. The molecule has 6 rings (SSSR count). The maximum Gasteiger partial charge on any atom is 0.270 e. The Bertz CT molecular complexity index is 1590. The van der Waals surface area contributed by atoms with Crippen molar-refractivity contribution >= 4 is 27.3 Å². The lowest BCUT2D eigenvalue weighted by Gasteiger charge is -2.32. The maximum absolute atomic E-state index is 13.1. The van der Waals surface area contributed by atoms with E-state index in [2.05, 4.69) is 44.4 Å². The van der Waals surface area contributed by atoms with Gasteiger partial charge in [0.25, 0.3) is 11.8 Å². The van der Waals surface area contributed by atoms with E-state index in [1.165, 1.54) is 36.5 Å². The van der Waals surface area contributed by atoms with Gasteiger partial charge in [-0.3, -0.25) is 19.5 Å². The SMILES string of the molecule is CS(=O)(=O)c1ccc(OC2CCN(C(=O)c3ccc(C(=O)NC4CCN(Cc5ccc(N6CCCC6)cc5)CC4)nc3)CC2)cc1. The highest BCUT2D eigenvalue weighted by atomic mass is 32.2. The number of carbonyl (C=O) groups excluding carboxylic acids is 2. The summed E-state index contributed by atoms with van der Waals surface area (Å²) in [5.41, 5.74) is 3.40. The lowest BCUT2D eigenvalue weighted by molar-refractivity contribution is 0.0594. The fourth-order valence-electron chi connectivity index (χ4n) is 6.51. The first-order valence-corrected chi connectivity index (χ1v) is 18.2. The van der Waals surface area contributed by atoms with Crippen LogP contribution in [0, 0.1) is 0 Å². The highest BCUT2D eigenvalue weighted by molar-refractivity contribution is 7.90. The number of benzene rings is 2. The molecule has 0 aliphatic carbocycles. The molecule has 2 amide bonds. The summed E-state index contributed by atoms with van der Waals surface area (Å²) in [4.78, 5) is 37.3. The van der Waals surface area contributed by atoms with Gasteiger partial charge in [-0.05, 0) is 79.8 Å². The number of amides is 2. The quantitative estimate of drug-likeness (QED) is 0.369. The number of ether oxygens (including phenoxy) is 1. The van der Waals surface area contributed by atoms with Crippen LogP contribution in [-0.4, -0.2) is 92.7 Å². The van der Waals surface area contributed by atoms with Crippen LogP contribution in [0.5, 0.6) is 5.75 Å². The molecule has 3 fully saturated rings. The summed E-state index contributed by atoms with van der Waals surface area (Å²) >= 11 is 0. The number of anilines is 1. The van der Waals surface area contributed by atoms with Gasteiger partial charge in [-0.2, -0.15) is 0 Å². The third-order valence-corrected chi connectivity index (χ3v) is 10.4. The van der Waals surface area contributed by atoms with E-state index in [4.69, 9.17) is 4.74 Å². The second-order valence-corrected chi connectivity index (χ2v) is 14.7. The minimum atomic E-state index is -3.25. The number of sulfone groups is 1. The van der Waals surface area contributed by atoms with Crippen molar-refractivity contribution in [1.29, 1.82) is 0 Å². The average Bonchev–Trinajstić information content (AvgIpc) is 3.61. The first kappa shape index (κ1) is 32.0. The van der Waals surface area contributed by atoms with Crippen molar-refractivity contribution in [2.75, 3.05) is 50.4 Å². The number of nitrogens with one attached hydrogen (secondary N) is 1. The predicted molar refractivity (Wildman–Crippen MR) is 177 cm³/mol. The molecule has 1 N–H and O–H groups in total. The van der Waals surface area contributed by atoms with E-state index in [0.29, 0.717) is 42.9 Å². The summed E-state index contributed by atoms with van der Waals surface area (Å²) in [5, 5.41) is 3.13. The average molecular weight is 646 g/mol. The van der Waals surface area contributed by atoms with E-state index in [9.17, 15) is 18.0 Å². The van der Waals surface area contributed by atoms with Crippen LogP contribution >= 0.6 is 0 Å². The summed E-state index contributed by atoms with van der Waals surface area (Å²) in [5.74, 6) is 0.283. The molecule has 10 nitrogen and oxygen atoms in total. The third-order valence-electron chi connectivity index (χ3n) is 9.26. The molecule has 244 valence electrons. The molecule has 0 spiro atoms. The molecule has 4 heterocycles. The number of rotatable bonds is 9. The van der Waals surface area contributed by atoms with Gasteiger partial charge in [0, 0.05) is 82.8 Å². The molecule has 2 aromatic carbocycles. The smallest absolute Gasteiger partial charge is 0.270 e. The van der Waals surface area contributed by atoms with Crippen LogP contribution < -0.4 is 15.0 Å². The molecular weight excluding hydrogens is 602 g/mol. The monoisotopic (exact) mass is 645 g/mol. The van der Waals surface area contributed by atoms with Gasteiger partial charge < -0.3 is 19.9 Å². The van der Waals surface area contributed by atoms with Crippen LogP contribution in [-0.2, 0) is 16.4 Å². The predicted octanol–water partition coefficient (Wildman–Crippen LogP) is 4.16. The molecule has 3 aliphatic heterocycles. The standard InChI is InChI=1S/C35H43N5O5S/c1-46(43,44)32-11-9-30(10-12-32)45-31-16-22-40(23-17-31)35(42)27-6-13-33(36-24-27)34(41)37-28-14-20-38(21-15-28)25-26-4-7-29(8-5-26)39-18-2-3-19-39/h4-13,24,28,31H,2-3,14-23,25H2,1H3,(H,37,41). The van der Waals surface area contributed by atoms with Crippen molar-refractivity contribution < 1.29 is 22.7 Å². The molecule has 0 unspecified atom stereocenters. The van der Waals surface area contributed by atoms with Crippen molar-refractivity contribution in [1.82, 2.24) is 20.1 Å². The molecule has 0 saturated carbocycles. The fraction of sp³-hybridized carbons (Fsp3) is 0.457. The van der Waals surface area contributed by atoms with Crippen molar-refractivity contribution in [2.24, 2.45) is 0 Å². The minimum absolute atomic E-state index is 0.0598. The van der Waals surface area contributed by atoms with E-state index >= 15 is 0 Å². The summed E-state index contributed by atoms with van der Waals surface area (Å²) in [6.45, 7) is 6.16. The van der Waals surface area contributed by atoms with E-state index < -0.39 is 9.84 Å². The lowest BCUT2D eigenvalue weighted by atomic mass is 10.0. The van der Waals surface area contributed by atoms with Gasteiger partial charge in [0.15, 0.2) is 9.84 Å². The summed E-state index contributed by atoms with van der Waals surface area (Å²) in [7, 11) is -3.25. The largest absolute Gasteiger partial charge is 0.490 e. The molecule has 3 saturated heterocycles. The summed E-state index contributed by atoms with van der Waals surface area (Å²) in [6.07, 6.45) is 8.27. The Hall–Kier alpha value is -3.96. The summed E-state index contributed by atoms with van der Waals surface area (Å²) in [6, 6.07) is 18.8. The zero-order valence-corrected chi connectivity index (χ0v) is 27.3. The number of piperidine rings is 2. The molecular formula is C35H43N5O5S. The minimum Gasteiger partial charge on any atom is -0.490 e. The second-order valence-electron chi connectivity index (χ2n) is 12.7. The molecule has 3 aromatic rings. The van der Waals surface area contributed by atoms with Crippen LogP contribution in [0.1, 0.15) is 64.9 Å². The molecule has 0 bridgehead atoms. The van der Waals surface area contributed by atoms with Gasteiger partial charge in [-0.25, -0.2) is 8.42 Å². The molecule has 0 atom stereocenters. The number of hydrogen-bond acceptors (Lipinski definition) is 8. The molecule has 1 aromatic heterocycles. The topological polar surface area (TPSA) is 112 Å². The van der Waals surface area contributed by atoms with Crippen molar-refractivity contribution in [3.8, 4) is 5.75 Å². The van der Waals surface area contributed by atoms with E-state index in [1.807, 2.05) is 0 Å². The number of pyridine rings is 1. The Balaban J connectivity index is 0.918. The zero-order valence-electron chi connectivity index (χ0n) is 26.4. The van der Waals surface area contributed by atoms with Gasteiger partial charge in [0.2, 0.25) is 0 Å². The summed E-state index contributed by atoms with van der Waals surface area (Å²) < 4.78 is 29.4. The third kappa shape index (κ3) is 8.06. The number of nitrogens with zero attached hydrogens (tertiary/aromatic N) is 4. The first-order valence-electron chi connectivity index (χ1n) is 16.3.